The van der Waals surface area contributed by atoms with Gasteiger partial charge in [0.2, 0.25) is 0 Å². The summed E-state index contributed by atoms with van der Waals surface area (Å²) in [6, 6.07) is 7.63. The Labute approximate surface area is 126 Å². The molecule has 0 aromatic heterocycles. The first-order chi connectivity index (χ1) is 9.92. The van der Waals surface area contributed by atoms with Gasteiger partial charge in [0, 0.05) is 25.2 Å². The third-order valence-corrected chi connectivity index (χ3v) is 3.35. The number of carbonyl (C=O) groups is 1. The molecule has 21 heavy (non-hydrogen) atoms. The van der Waals surface area contributed by atoms with E-state index in [1.807, 2.05) is 45.0 Å². The van der Waals surface area contributed by atoms with Crippen molar-refractivity contribution in [2.24, 2.45) is 0 Å². The molecule has 1 fully saturated rings. The van der Waals surface area contributed by atoms with Gasteiger partial charge in [-0.3, -0.25) is 4.90 Å². The lowest BCUT2D eigenvalue weighted by Gasteiger charge is -2.37. The Morgan fingerprint density at radius 1 is 1.43 bits per heavy atom. The molecule has 1 saturated heterocycles. The molecule has 1 heterocycles. The summed E-state index contributed by atoms with van der Waals surface area (Å²) in [5, 5.41) is 3.31. The highest BCUT2D eigenvalue weighted by molar-refractivity contribution is 5.69. The molecule has 0 radical (unpaired) electrons. The van der Waals surface area contributed by atoms with Gasteiger partial charge in [-0.15, -0.1) is 6.42 Å². The lowest BCUT2D eigenvalue weighted by molar-refractivity contribution is 0.0118. The highest BCUT2D eigenvalue weighted by Crippen LogP contribution is 2.26. The quantitative estimate of drug-likeness (QED) is 0.807. The van der Waals surface area contributed by atoms with Gasteiger partial charge in [-0.05, 0) is 32.4 Å². The minimum atomic E-state index is -0.502. The predicted molar refractivity (Wildman–Crippen MR) is 82.9 cm³/mol. The molecule has 1 aliphatic rings. The second-order valence-electron chi connectivity index (χ2n) is 6.13. The van der Waals surface area contributed by atoms with E-state index < -0.39 is 5.60 Å². The van der Waals surface area contributed by atoms with Gasteiger partial charge in [0.25, 0.3) is 0 Å². The zero-order valence-electron chi connectivity index (χ0n) is 12.8. The predicted octanol–water partition coefficient (Wildman–Crippen LogP) is 2.55. The number of terminal acetylenes is 1. The molecule has 1 N–H and O–H groups in total. The second-order valence-corrected chi connectivity index (χ2v) is 6.13. The molecule has 0 saturated carbocycles. The van der Waals surface area contributed by atoms with Crippen molar-refractivity contribution < 1.29 is 9.53 Å². The average molecular weight is 286 g/mol. The summed E-state index contributed by atoms with van der Waals surface area (Å²) < 4.78 is 5.51. The second kappa shape index (κ2) is 6.19. The summed E-state index contributed by atoms with van der Waals surface area (Å²) in [5.74, 6) is 2.69. The molecule has 2 rings (SSSR count). The van der Waals surface area contributed by atoms with Crippen molar-refractivity contribution in [3.05, 3.63) is 35.4 Å². The average Bonchev–Trinajstić information content (AvgIpc) is 2.45. The third-order valence-electron chi connectivity index (χ3n) is 3.35. The fourth-order valence-corrected chi connectivity index (χ4v) is 2.44. The minimum Gasteiger partial charge on any atom is -0.444 e. The molecule has 1 aromatic rings. The molecule has 0 spiro atoms. The van der Waals surface area contributed by atoms with E-state index in [1.165, 1.54) is 0 Å². The number of benzene rings is 1. The van der Waals surface area contributed by atoms with Crippen LogP contribution < -0.4 is 5.32 Å². The Morgan fingerprint density at radius 3 is 2.81 bits per heavy atom. The zero-order valence-corrected chi connectivity index (χ0v) is 12.8. The van der Waals surface area contributed by atoms with Crippen molar-refractivity contribution in [2.75, 3.05) is 19.6 Å². The van der Waals surface area contributed by atoms with Crippen molar-refractivity contribution in [1.29, 1.82) is 0 Å². The minimum absolute atomic E-state index is 0.0964. The van der Waals surface area contributed by atoms with E-state index in [9.17, 15) is 4.79 Å². The largest absolute Gasteiger partial charge is 0.444 e. The molecule has 4 nitrogen and oxygen atoms in total. The molecular weight excluding hydrogens is 264 g/mol. The van der Waals surface area contributed by atoms with E-state index in [1.54, 1.807) is 4.90 Å². The van der Waals surface area contributed by atoms with Gasteiger partial charge in [0.1, 0.15) is 5.60 Å². The van der Waals surface area contributed by atoms with Gasteiger partial charge in [0.15, 0.2) is 0 Å². The Hall–Kier alpha value is -1.99. The van der Waals surface area contributed by atoms with Gasteiger partial charge >= 0.3 is 6.09 Å². The Kier molecular flexibility index (Phi) is 4.54. The van der Waals surface area contributed by atoms with Crippen molar-refractivity contribution in [1.82, 2.24) is 10.2 Å². The number of hydrogen-bond donors (Lipinski definition) is 1. The summed E-state index contributed by atoms with van der Waals surface area (Å²) in [6.07, 6.45) is 5.28. The number of hydrogen-bond acceptors (Lipinski definition) is 3. The van der Waals surface area contributed by atoms with Gasteiger partial charge in [-0.1, -0.05) is 24.1 Å². The number of amides is 1. The lowest BCUT2D eigenvalue weighted by Crippen LogP contribution is -2.50. The summed E-state index contributed by atoms with van der Waals surface area (Å²) in [4.78, 5) is 14.2. The van der Waals surface area contributed by atoms with Crippen LogP contribution in [-0.2, 0) is 4.74 Å². The Morgan fingerprint density at radius 2 is 2.14 bits per heavy atom. The van der Waals surface area contributed by atoms with Crippen LogP contribution in [0.4, 0.5) is 4.79 Å². The molecule has 1 aliphatic heterocycles. The molecule has 1 unspecified atom stereocenters. The van der Waals surface area contributed by atoms with Crippen LogP contribution >= 0.6 is 0 Å². The number of carbonyl (C=O) groups excluding carboxylic acids is 1. The first kappa shape index (κ1) is 15.4. The number of nitrogens with zero attached hydrogens (tertiary/aromatic N) is 1. The number of ether oxygens (including phenoxy) is 1. The van der Waals surface area contributed by atoms with Crippen molar-refractivity contribution >= 4 is 6.09 Å². The molecule has 0 bridgehead atoms. The zero-order chi connectivity index (χ0) is 15.5. The van der Waals surface area contributed by atoms with Crippen LogP contribution in [0.1, 0.15) is 37.9 Å². The summed E-state index contributed by atoms with van der Waals surface area (Å²) in [7, 11) is 0. The molecular formula is C17H22N2O2. The summed E-state index contributed by atoms with van der Waals surface area (Å²) in [5.41, 5.74) is 1.30. The Balaban J connectivity index is 2.27. The third kappa shape index (κ3) is 3.77. The summed E-state index contributed by atoms with van der Waals surface area (Å²) >= 11 is 0. The highest BCUT2D eigenvalue weighted by Gasteiger charge is 2.32. The van der Waals surface area contributed by atoms with Crippen LogP contribution in [0, 0.1) is 12.3 Å². The van der Waals surface area contributed by atoms with Crippen LogP contribution in [0.5, 0.6) is 0 Å². The van der Waals surface area contributed by atoms with Crippen molar-refractivity contribution in [2.45, 2.75) is 32.4 Å². The molecule has 4 heteroatoms. The van der Waals surface area contributed by atoms with Crippen molar-refractivity contribution in [3.63, 3.8) is 0 Å². The summed E-state index contributed by atoms with van der Waals surface area (Å²) in [6.45, 7) is 7.66. The van der Waals surface area contributed by atoms with Crippen LogP contribution in [0.3, 0.4) is 0 Å². The first-order valence-electron chi connectivity index (χ1n) is 7.18. The number of nitrogens with one attached hydrogen (secondary N) is 1. The first-order valence-corrected chi connectivity index (χ1v) is 7.18. The smallest absolute Gasteiger partial charge is 0.410 e. The highest BCUT2D eigenvalue weighted by atomic mass is 16.6. The molecule has 1 amide bonds. The van der Waals surface area contributed by atoms with Gasteiger partial charge < -0.3 is 10.1 Å². The topological polar surface area (TPSA) is 41.6 Å². The lowest BCUT2D eigenvalue weighted by atomic mass is 9.98. The van der Waals surface area contributed by atoms with E-state index in [0.29, 0.717) is 13.1 Å². The maximum Gasteiger partial charge on any atom is 0.410 e. The van der Waals surface area contributed by atoms with Gasteiger partial charge in [0.05, 0.1) is 6.04 Å². The van der Waals surface area contributed by atoms with Gasteiger partial charge in [-0.25, -0.2) is 4.79 Å². The maximum absolute atomic E-state index is 12.4. The Bertz CT molecular complexity index is 555. The van der Waals surface area contributed by atoms with Crippen LogP contribution in [-0.4, -0.2) is 36.2 Å². The normalized spacial score (nSPS) is 19.0. The van der Waals surface area contributed by atoms with E-state index in [0.717, 1.165) is 17.7 Å². The van der Waals surface area contributed by atoms with Crippen molar-refractivity contribution in [3.8, 4) is 12.3 Å². The standard InChI is InChI=1S/C17H22N2O2/c1-5-13-8-6-7-9-14(13)15-12-18-10-11-19(15)16(20)21-17(2,3)4/h1,6-9,15,18H,10-12H2,2-4H3. The number of piperazine rings is 1. The van der Waals surface area contributed by atoms with Crippen LogP contribution in [0.25, 0.3) is 0 Å². The van der Waals surface area contributed by atoms with Crippen LogP contribution in [0.2, 0.25) is 0 Å². The van der Waals surface area contributed by atoms with E-state index in [2.05, 4.69) is 11.2 Å². The number of rotatable bonds is 1. The van der Waals surface area contributed by atoms with E-state index >= 15 is 0 Å². The monoisotopic (exact) mass is 286 g/mol. The van der Waals surface area contributed by atoms with Crippen LogP contribution in [0.15, 0.2) is 24.3 Å². The molecule has 1 aromatic carbocycles. The van der Waals surface area contributed by atoms with E-state index in [4.69, 9.17) is 11.2 Å². The maximum atomic E-state index is 12.4. The fraction of sp³-hybridized carbons (Fsp3) is 0.471. The van der Waals surface area contributed by atoms with E-state index in [-0.39, 0.29) is 12.1 Å². The fourth-order valence-electron chi connectivity index (χ4n) is 2.44. The molecule has 112 valence electrons. The molecule has 1 atom stereocenters. The van der Waals surface area contributed by atoms with Gasteiger partial charge in [-0.2, -0.15) is 0 Å². The SMILES string of the molecule is C#Cc1ccccc1C1CNCCN1C(=O)OC(C)(C)C. The molecule has 0 aliphatic carbocycles.